The molecule has 2 rings (SSSR count). The van der Waals surface area contributed by atoms with Crippen molar-refractivity contribution in [2.75, 3.05) is 5.75 Å². The molecule has 0 saturated heterocycles. The number of hydrogen-bond donors (Lipinski definition) is 1. The summed E-state index contributed by atoms with van der Waals surface area (Å²) in [6, 6.07) is 3.20. The zero-order valence-electron chi connectivity index (χ0n) is 11.1. The van der Waals surface area contributed by atoms with Gasteiger partial charge in [0.2, 0.25) is 0 Å². The lowest BCUT2D eigenvalue weighted by atomic mass is 10.1. The van der Waals surface area contributed by atoms with Crippen molar-refractivity contribution in [3.8, 4) is 0 Å². The molecule has 134 valence electrons. The summed E-state index contributed by atoms with van der Waals surface area (Å²) in [7, 11) is -5.82. The van der Waals surface area contributed by atoms with E-state index in [-0.39, 0.29) is 11.2 Å². The maximum Gasteiger partial charge on any atom is 0.438 e. The van der Waals surface area contributed by atoms with E-state index in [1.807, 2.05) is 0 Å². The smallest absolute Gasteiger partial charge is 0.438 e. The van der Waals surface area contributed by atoms with Crippen molar-refractivity contribution in [2.45, 2.75) is 18.0 Å². The second-order valence-electron chi connectivity index (χ2n) is 4.70. The van der Waals surface area contributed by atoms with Crippen molar-refractivity contribution in [2.24, 2.45) is 0 Å². The van der Waals surface area contributed by atoms with Crippen LogP contribution < -0.4 is 0 Å². The largest absolute Gasteiger partial charge is 0.456 e. The van der Waals surface area contributed by atoms with Crippen LogP contribution in [0, 0.1) is 0 Å². The van der Waals surface area contributed by atoms with E-state index in [1.165, 1.54) is 6.07 Å². The molecular formula is C11H6F6O6S. The molecule has 0 atom stereocenters. The first-order valence-corrected chi connectivity index (χ1v) is 7.41. The van der Waals surface area contributed by atoms with Crippen LogP contribution in [0.4, 0.5) is 26.3 Å². The number of furan rings is 2. The van der Waals surface area contributed by atoms with Crippen LogP contribution in [0.15, 0.2) is 22.6 Å². The minimum atomic E-state index is -6.37. The predicted molar refractivity (Wildman–Crippen MR) is 64.1 cm³/mol. The molecule has 2 aromatic heterocycles. The summed E-state index contributed by atoms with van der Waals surface area (Å²) >= 11 is 0. The molecule has 6 nitrogen and oxygen atoms in total. The maximum absolute atomic E-state index is 13.0. The van der Waals surface area contributed by atoms with Gasteiger partial charge in [0.15, 0.2) is 0 Å². The van der Waals surface area contributed by atoms with Gasteiger partial charge in [-0.25, -0.2) is 4.79 Å². The second kappa shape index (κ2) is 5.24. The summed E-state index contributed by atoms with van der Waals surface area (Å²) in [4.78, 5) is 11.7. The van der Waals surface area contributed by atoms with E-state index in [9.17, 15) is 39.6 Å². The van der Waals surface area contributed by atoms with Gasteiger partial charge in [0, 0.05) is 0 Å². The molecule has 13 heteroatoms. The number of rotatable bonds is 4. The summed E-state index contributed by atoms with van der Waals surface area (Å²) in [5, 5.41) is 0. The normalized spacial score (nSPS) is 14.3. The van der Waals surface area contributed by atoms with Crippen LogP contribution >= 0.6 is 0 Å². The SMILES string of the molecule is O=C(OC(CS(=O)(=O)O)(C(F)(F)F)C(F)(F)F)c1cc2ccc1o2. The molecule has 0 radical (unpaired) electrons. The minimum absolute atomic E-state index is 0.0173. The van der Waals surface area contributed by atoms with E-state index in [2.05, 4.69) is 4.74 Å². The van der Waals surface area contributed by atoms with Crippen molar-refractivity contribution in [1.29, 1.82) is 0 Å². The van der Waals surface area contributed by atoms with Crippen molar-refractivity contribution >= 4 is 27.3 Å². The molecule has 0 amide bonds. The number of benzene rings is 1. The second-order valence-corrected chi connectivity index (χ2v) is 6.15. The molecule has 0 spiro atoms. The molecule has 2 aromatic rings. The topological polar surface area (TPSA) is 93.8 Å². The van der Waals surface area contributed by atoms with Crippen LogP contribution in [0.1, 0.15) is 10.4 Å². The first-order chi connectivity index (χ1) is 10.7. The van der Waals surface area contributed by atoms with Crippen molar-refractivity contribution in [1.82, 2.24) is 0 Å². The van der Waals surface area contributed by atoms with Crippen molar-refractivity contribution in [3.05, 3.63) is 23.8 Å². The van der Waals surface area contributed by atoms with Crippen LogP contribution in [-0.4, -0.2) is 42.6 Å². The Kier molecular flexibility index (Phi) is 4.00. The van der Waals surface area contributed by atoms with E-state index in [4.69, 9.17) is 8.97 Å². The molecule has 2 bridgehead atoms. The number of alkyl halides is 6. The third-order valence-electron chi connectivity index (χ3n) is 2.97. The summed E-state index contributed by atoms with van der Waals surface area (Å²) in [6.07, 6.45) is -12.7. The van der Waals surface area contributed by atoms with Crippen LogP contribution in [-0.2, 0) is 14.9 Å². The highest BCUT2D eigenvalue weighted by Gasteiger charge is 2.76. The van der Waals surface area contributed by atoms with Crippen molar-refractivity contribution < 1.29 is 53.3 Å². The Morgan fingerprint density at radius 3 is 2.00 bits per heavy atom. The fourth-order valence-corrected chi connectivity index (χ4v) is 2.79. The number of fused-ring (bicyclic) bond motifs is 2. The van der Waals surface area contributed by atoms with E-state index >= 15 is 0 Å². The molecule has 0 fully saturated rings. The first kappa shape index (κ1) is 18.3. The van der Waals surface area contributed by atoms with Crippen molar-refractivity contribution in [3.63, 3.8) is 0 Å². The number of halogens is 6. The fourth-order valence-electron chi connectivity index (χ4n) is 1.89. The average molecular weight is 380 g/mol. The lowest BCUT2D eigenvalue weighted by Crippen LogP contribution is -2.63. The quantitative estimate of drug-likeness (QED) is 0.498. The lowest BCUT2D eigenvalue weighted by Gasteiger charge is -2.35. The molecule has 2 heterocycles. The standard InChI is InChI=1S/C11H6F6O6S/c12-10(13,14)9(11(15,16)17,4-24(19,20)21)23-8(18)6-3-5-1-2-7(6)22-5/h1-3H,4H2,(H,19,20,21). The van der Waals surface area contributed by atoms with Gasteiger partial charge in [-0.3, -0.25) is 4.55 Å². The van der Waals surface area contributed by atoms with Gasteiger partial charge in [-0.15, -0.1) is 0 Å². The van der Waals surface area contributed by atoms with Gasteiger partial charge in [0.25, 0.3) is 10.1 Å². The first-order valence-electron chi connectivity index (χ1n) is 5.80. The molecule has 0 aliphatic heterocycles. The van der Waals surface area contributed by atoms with E-state index < -0.39 is 45.4 Å². The summed E-state index contributed by atoms with van der Waals surface area (Å²) in [6.45, 7) is 0. The van der Waals surface area contributed by atoms with Gasteiger partial charge >= 0.3 is 23.9 Å². The number of esters is 1. The average Bonchev–Trinajstić information content (AvgIpc) is 2.95. The third-order valence-corrected chi connectivity index (χ3v) is 3.74. The molecule has 0 aliphatic carbocycles. The Hall–Kier alpha value is -2.02. The van der Waals surface area contributed by atoms with Crippen LogP contribution in [0.5, 0.6) is 0 Å². The highest BCUT2D eigenvalue weighted by atomic mass is 32.2. The molecular weight excluding hydrogens is 374 g/mol. The Morgan fingerprint density at radius 1 is 1.12 bits per heavy atom. The lowest BCUT2D eigenvalue weighted by molar-refractivity contribution is -0.356. The third kappa shape index (κ3) is 3.13. The Labute approximate surface area is 129 Å². The van der Waals surface area contributed by atoms with E-state index in [1.54, 1.807) is 0 Å². The summed E-state index contributed by atoms with van der Waals surface area (Å²) in [5.74, 6) is -5.04. The zero-order chi connectivity index (χ0) is 18.6. The number of carbonyl (C=O) groups is 1. The monoisotopic (exact) mass is 380 g/mol. The van der Waals surface area contributed by atoms with Gasteiger partial charge < -0.3 is 9.15 Å². The Morgan fingerprint density at radius 2 is 1.67 bits per heavy atom. The van der Waals surface area contributed by atoms with Crippen LogP contribution in [0.3, 0.4) is 0 Å². The van der Waals surface area contributed by atoms with Gasteiger partial charge in [0.05, 0.1) is 0 Å². The van der Waals surface area contributed by atoms with Gasteiger partial charge in [-0.1, -0.05) is 0 Å². The Balaban J connectivity index is 2.52. The maximum atomic E-state index is 13.0. The van der Waals surface area contributed by atoms with E-state index in [0.29, 0.717) is 0 Å². The molecule has 0 unspecified atom stereocenters. The van der Waals surface area contributed by atoms with Gasteiger partial charge in [0.1, 0.15) is 22.5 Å². The number of hydrogen-bond acceptors (Lipinski definition) is 5. The number of ether oxygens (including phenoxy) is 1. The van der Waals surface area contributed by atoms with Crippen LogP contribution in [0.2, 0.25) is 0 Å². The molecule has 0 aliphatic rings. The fraction of sp³-hybridized carbons (Fsp3) is 0.364. The number of carbonyl (C=O) groups excluding carboxylic acids is 1. The highest BCUT2D eigenvalue weighted by molar-refractivity contribution is 7.85. The van der Waals surface area contributed by atoms with Gasteiger partial charge in [-0.05, 0) is 18.2 Å². The predicted octanol–water partition coefficient (Wildman–Crippen LogP) is 2.78. The highest BCUT2D eigenvalue weighted by Crippen LogP contribution is 2.47. The Bertz CT molecular complexity index is 834. The summed E-state index contributed by atoms with van der Waals surface area (Å²) < 4.78 is 116. The van der Waals surface area contributed by atoms with Crippen LogP contribution in [0.25, 0.3) is 11.2 Å². The molecule has 1 N–H and O–H groups in total. The minimum Gasteiger partial charge on any atom is -0.456 e. The molecule has 0 saturated carbocycles. The molecule has 0 aromatic carbocycles. The van der Waals surface area contributed by atoms with E-state index in [0.717, 1.165) is 12.1 Å². The molecule has 24 heavy (non-hydrogen) atoms. The van der Waals surface area contributed by atoms with Gasteiger partial charge in [-0.2, -0.15) is 34.8 Å². The zero-order valence-corrected chi connectivity index (χ0v) is 11.9. The summed E-state index contributed by atoms with van der Waals surface area (Å²) in [5.41, 5.74) is -6.56.